The van der Waals surface area contributed by atoms with E-state index in [4.69, 9.17) is 9.47 Å². The average Bonchev–Trinajstić information content (AvgIpc) is 2.61. The normalized spacial score (nSPS) is 26.2. The van der Waals surface area contributed by atoms with Crippen LogP contribution in [0.3, 0.4) is 0 Å². The molecule has 0 spiro atoms. The minimum atomic E-state index is -0.445. The molecular weight excluding hydrogens is 327 g/mol. The zero-order valence-electron chi connectivity index (χ0n) is 14.8. The number of ether oxygens (including phenoxy) is 2. The second kappa shape index (κ2) is 7.61. The van der Waals surface area contributed by atoms with E-state index in [9.17, 15) is 9.18 Å². The molecule has 0 saturated carbocycles. The summed E-state index contributed by atoms with van der Waals surface area (Å²) in [5.41, 5.74) is -0.194. The van der Waals surface area contributed by atoms with Crippen molar-refractivity contribution in [3.63, 3.8) is 0 Å². The van der Waals surface area contributed by atoms with Crippen LogP contribution in [0, 0.1) is 11.2 Å². The Labute approximate surface area is 147 Å². The summed E-state index contributed by atoms with van der Waals surface area (Å²) in [6, 6.07) is 0. The summed E-state index contributed by atoms with van der Waals surface area (Å²) in [5.74, 6) is 0.0215. The summed E-state index contributed by atoms with van der Waals surface area (Å²) in [5, 5.41) is 0. The van der Waals surface area contributed by atoms with E-state index in [2.05, 4.69) is 14.9 Å². The van der Waals surface area contributed by atoms with E-state index < -0.39 is 5.82 Å². The van der Waals surface area contributed by atoms with E-state index in [-0.39, 0.29) is 24.0 Å². The molecule has 2 aliphatic rings. The van der Waals surface area contributed by atoms with Gasteiger partial charge in [0.2, 0.25) is 11.9 Å². The SMILES string of the molecule is CN(C)C(=O)COC[C@@]12CCCO[C@H]1CCN(c1ncc(F)cn1)C2. The van der Waals surface area contributed by atoms with E-state index in [0.717, 1.165) is 32.4 Å². The van der Waals surface area contributed by atoms with Crippen LogP contribution in [0.25, 0.3) is 0 Å². The van der Waals surface area contributed by atoms with Crippen LogP contribution >= 0.6 is 0 Å². The molecule has 2 atom stereocenters. The van der Waals surface area contributed by atoms with Gasteiger partial charge in [0.05, 0.1) is 25.1 Å². The van der Waals surface area contributed by atoms with Gasteiger partial charge in [0.25, 0.3) is 0 Å². The molecule has 138 valence electrons. The monoisotopic (exact) mass is 352 g/mol. The number of halogens is 1. The molecule has 1 amide bonds. The highest BCUT2D eigenvalue weighted by Gasteiger charge is 2.46. The highest BCUT2D eigenvalue weighted by Crippen LogP contribution is 2.41. The molecule has 0 aromatic carbocycles. The largest absolute Gasteiger partial charge is 0.377 e. The number of fused-ring (bicyclic) bond motifs is 1. The van der Waals surface area contributed by atoms with Crippen molar-refractivity contribution in [1.82, 2.24) is 14.9 Å². The number of amides is 1. The molecular formula is C17H25FN4O3. The lowest BCUT2D eigenvalue weighted by Gasteiger charge is -2.50. The van der Waals surface area contributed by atoms with Gasteiger partial charge in [-0.1, -0.05) is 0 Å². The van der Waals surface area contributed by atoms with Crippen LogP contribution < -0.4 is 4.90 Å². The predicted molar refractivity (Wildman–Crippen MR) is 89.7 cm³/mol. The standard InChI is InChI=1S/C17H25FN4O3/c1-21(2)15(23)10-24-12-17-5-3-7-25-14(17)4-6-22(11-17)16-19-8-13(18)9-20-16/h8-9,14H,3-7,10-12H2,1-2H3/t14-,17-/m0/s1. The van der Waals surface area contributed by atoms with Gasteiger partial charge in [0, 0.05) is 39.2 Å². The Morgan fingerprint density at radius 1 is 1.48 bits per heavy atom. The van der Waals surface area contributed by atoms with Crippen molar-refractivity contribution in [1.29, 1.82) is 0 Å². The Kier molecular flexibility index (Phi) is 5.48. The average molecular weight is 352 g/mol. The van der Waals surface area contributed by atoms with Gasteiger partial charge < -0.3 is 19.3 Å². The van der Waals surface area contributed by atoms with E-state index in [1.54, 1.807) is 14.1 Å². The Balaban J connectivity index is 1.70. The van der Waals surface area contributed by atoms with Crippen molar-refractivity contribution >= 4 is 11.9 Å². The molecule has 25 heavy (non-hydrogen) atoms. The first-order valence-corrected chi connectivity index (χ1v) is 8.62. The van der Waals surface area contributed by atoms with Gasteiger partial charge in [0.15, 0.2) is 5.82 Å². The Bertz CT molecular complexity index is 598. The maximum atomic E-state index is 13.1. The number of anilines is 1. The van der Waals surface area contributed by atoms with Gasteiger partial charge in [-0.3, -0.25) is 4.79 Å². The van der Waals surface area contributed by atoms with Crippen LogP contribution in [0.4, 0.5) is 10.3 Å². The predicted octanol–water partition coefficient (Wildman–Crippen LogP) is 1.10. The number of piperidine rings is 1. The fraction of sp³-hybridized carbons (Fsp3) is 0.706. The third-order valence-electron chi connectivity index (χ3n) is 4.99. The molecule has 1 aromatic heterocycles. The van der Waals surface area contributed by atoms with Crippen molar-refractivity contribution in [2.45, 2.75) is 25.4 Å². The molecule has 2 fully saturated rings. The molecule has 0 radical (unpaired) electrons. The van der Waals surface area contributed by atoms with Gasteiger partial charge in [-0.05, 0) is 19.3 Å². The third-order valence-corrected chi connectivity index (χ3v) is 4.99. The van der Waals surface area contributed by atoms with Crippen LogP contribution in [0.2, 0.25) is 0 Å². The summed E-state index contributed by atoms with van der Waals surface area (Å²) in [7, 11) is 3.43. The maximum absolute atomic E-state index is 13.1. The molecule has 0 N–H and O–H groups in total. The molecule has 3 heterocycles. The molecule has 8 heteroatoms. The summed E-state index contributed by atoms with van der Waals surface area (Å²) in [6.07, 6.45) is 5.24. The molecule has 3 rings (SSSR count). The number of nitrogens with zero attached hydrogens (tertiary/aromatic N) is 4. The van der Waals surface area contributed by atoms with E-state index in [1.807, 2.05) is 0 Å². The molecule has 2 saturated heterocycles. The maximum Gasteiger partial charge on any atom is 0.248 e. The number of likely N-dealkylation sites (N-methyl/N-ethyl adjacent to an activating group) is 1. The number of hydrogen-bond donors (Lipinski definition) is 0. The fourth-order valence-electron chi connectivity index (χ4n) is 3.61. The zero-order valence-corrected chi connectivity index (χ0v) is 14.8. The molecule has 0 bridgehead atoms. The first-order chi connectivity index (χ1) is 12.0. The van der Waals surface area contributed by atoms with Gasteiger partial charge >= 0.3 is 0 Å². The summed E-state index contributed by atoms with van der Waals surface area (Å²) in [4.78, 5) is 23.5. The van der Waals surface area contributed by atoms with E-state index in [0.29, 0.717) is 19.1 Å². The highest BCUT2D eigenvalue weighted by molar-refractivity contribution is 5.76. The zero-order chi connectivity index (χ0) is 17.9. The lowest BCUT2D eigenvalue weighted by molar-refractivity contribution is -0.144. The van der Waals surface area contributed by atoms with Gasteiger partial charge in [0.1, 0.15) is 6.61 Å². The fourth-order valence-corrected chi connectivity index (χ4v) is 3.61. The van der Waals surface area contributed by atoms with Crippen molar-refractivity contribution < 1.29 is 18.7 Å². The summed E-state index contributed by atoms with van der Waals surface area (Å²) >= 11 is 0. The highest BCUT2D eigenvalue weighted by atomic mass is 19.1. The lowest BCUT2D eigenvalue weighted by atomic mass is 9.73. The van der Waals surface area contributed by atoms with Gasteiger partial charge in [-0.25, -0.2) is 14.4 Å². The minimum absolute atomic E-state index is 0.0563. The van der Waals surface area contributed by atoms with Crippen molar-refractivity contribution in [2.75, 3.05) is 51.9 Å². The molecule has 0 unspecified atom stereocenters. The smallest absolute Gasteiger partial charge is 0.248 e. The number of aromatic nitrogens is 2. The Morgan fingerprint density at radius 3 is 2.96 bits per heavy atom. The summed E-state index contributed by atoms with van der Waals surface area (Å²) < 4.78 is 24.8. The minimum Gasteiger partial charge on any atom is -0.377 e. The van der Waals surface area contributed by atoms with Crippen LogP contribution in [0.1, 0.15) is 19.3 Å². The molecule has 0 aliphatic carbocycles. The van der Waals surface area contributed by atoms with Crippen molar-refractivity contribution in [3.05, 3.63) is 18.2 Å². The number of rotatable bonds is 5. The molecule has 2 aliphatic heterocycles. The van der Waals surface area contributed by atoms with E-state index >= 15 is 0 Å². The third kappa shape index (κ3) is 4.07. The first-order valence-electron chi connectivity index (χ1n) is 8.62. The quantitative estimate of drug-likeness (QED) is 0.790. The molecule has 1 aromatic rings. The summed E-state index contributed by atoms with van der Waals surface area (Å²) in [6.45, 7) is 2.72. The van der Waals surface area contributed by atoms with Crippen LogP contribution in [-0.4, -0.2) is 73.9 Å². The van der Waals surface area contributed by atoms with Crippen molar-refractivity contribution in [3.8, 4) is 0 Å². The van der Waals surface area contributed by atoms with E-state index in [1.165, 1.54) is 17.3 Å². The van der Waals surface area contributed by atoms with Crippen LogP contribution in [-0.2, 0) is 14.3 Å². The number of carbonyl (C=O) groups is 1. The van der Waals surface area contributed by atoms with Crippen LogP contribution in [0.15, 0.2) is 12.4 Å². The second-order valence-corrected chi connectivity index (χ2v) is 7.02. The number of hydrogen-bond acceptors (Lipinski definition) is 6. The molecule has 7 nitrogen and oxygen atoms in total. The Hall–Kier alpha value is -1.80. The number of carbonyl (C=O) groups excluding carboxylic acids is 1. The van der Waals surface area contributed by atoms with Gasteiger partial charge in [-0.2, -0.15) is 0 Å². The van der Waals surface area contributed by atoms with Crippen LogP contribution in [0.5, 0.6) is 0 Å². The second-order valence-electron chi connectivity index (χ2n) is 7.02. The lowest BCUT2D eigenvalue weighted by Crippen LogP contribution is -2.57. The Morgan fingerprint density at radius 2 is 2.24 bits per heavy atom. The topological polar surface area (TPSA) is 67.8 Å². The first kappa shape index (κ1) is 18.0. The van der Waals surface area contributed by atoms with Gasteiger partial charge in [-0.15, -0.1) is 0 Å². The van der Waals surface area contributed by atoms with Crippen molar-refractivity contribution in [2.24, 2.45) is 5.41 Å².